The van der Waals surface area contributed by atoms with Gasteiger partial charge in [-0.25, -0.2) is 0 Å². The molecular weight excluding hydrogens is 116 g/mol. The molecule has 0 unspecified atom stereocenters. The Morgan fingerprint density at radius 1 is 1.78 bits per heavy atom. The van der Waals surface area contributed by atoms with Crippen LogP contribution in [0.2, 0.25) is 0 Å². The molecule has 48 valence electrons. The van der Waals surface area contributed by atoms with E-state index in [2.05, 4.69) is 5.16 Å². The molecule has 0 aromatic carbocycles. The van der Waals surface area contributed by atoms with E-state index < -0.39 is 0 Å². The van der Waals surface area contributed by atoms with Gasteiger partial charge >= 0.3 is 0 Å². The van der Waals surface area contributed by atoms with Gasteiger partial charge in [-0.05, 0) is 6.07 Å². The summed E-state index contributed by atoms with van der Waals surface area (Å²) in [4.78, 5) is 0. The summed E-state index contributed by atoms with van der Waals surface area (Å²) in [5, 5.41) is 11.0. The van der Waals surface area contributed by atoms with E-state index in [1.165, 1.54) is 6.21 Å². The smallest absolute Gasteiger partial charge is 0.0749 e. The Bertz CT molecular complexity index is 215. The second-order valence-electron chi connectivity index (χ2n) is 1.85. The molecule has 0 saturated carbocycles. The van der Waals surface area contributed by atoms with Gasteiger partial charge in [-0.15, -0.1) is 0 Å². The van der Waals surface area contributed by atoms with Crippen LogP contribution >= 0.6 is 0 Å². The highest BCUT2D eigenvalue weighted by Gasteiger charge is 1.86. The highest BCUT2D eigenvalue weighted by molar-refractivity contribution is 5.78. The van der Waals surface area contributed by atoms with Crippen molar-refractivity contribution in [1.82, 2.24) is 4.57 Å². The Kier molecular flexibility index (Phi) is 1.53. The maximum absolute atomic E-state index is 8.09. The molecule has 3 heteroatoms. The predicted molar refractivity (Wildman–Crippen MR) is 34.8 cm³/mol. The van der Waals surface area contributed by atoms with E-state index in [1.54, 1.807) is 0 Å². The summed E-state index contributed by atoms with van der Waals surface area (Å²) < 4.78 is 1.89. The van der Waals surface area contributed by atoms with Crippen molar-refractivity contribution in [3.63, 3.8) is 0 Å². The van der Waals surface area contributed by atoms with Gasteiger partial charge in [0, 0.05) is 25.0 Å². The topological polar surface area (TPSA) is 37.5 Å². The summed E-state index contributed by atoms with van der Waals surface area (Å²) in [5.74, 6) is 0. The molecule has 0 saturated heterocycles. The molecule has 9 heavy (non-hydrogen) atoms. The second-order valence-corrected chi connectivity index (χ2v) is 1.85. The molecule has 3 nitrogen and oxygen atoms in total. The molecule has 0 radical (unpaired) electrons. The Morgan fingerprint density at radius 3 is 3.00 bits per heavy atom. The third-order valence-corrected chi connectivity index (χ3v) is 1.06. The van der Waals surface area contributed by atoms with Gasteiger partial charge in [-0.1, -0.05) is 5.16 Å². The highest BCUT2D eigenvalue weighted by atomic mass is 16.4. The van der Waals surface area contributed by atoms with Gasteiger partial charge in [0.2, 0.25) is 0 Å². The molecule has 1 aromatic heterocycles. The molecule has 1 N–H and O–H groups in total. The number of aromatic nitrogens is 1. The zero-order valence-corrected chi connectivity index (χ0v) is 5.15. The Balaban J connectivity index is 2.85. The van der Waals surface area contributed by atoms with Crippen LogP contribution in [-0.4, -0.2) is 16.0 Å². The fourth-order valence-electron chi connectivity index (χ4n) is 0.668. The van der Waals surface area contributed by atoms with E-state index in [1.807, 2.05) is 30.1 Å². The molecule has 1 rings (SSSR count). The maximum atomic E-state index is 8.09. The van der Waals surface area contributed by atoms with Crippen molar-refractivity contribution in [2.75, 3.05) is 0 Å². The minimum Gasteiger partial charge on any atom is -0.411 e. The number of hydrogen-bond donors (Lipinski definition) is 1. The zero-order chi connectivity index (χ0) is 6.69. The normalized spacial score (nSPS) is 10.8. The lowest BCUT2D eigenvalue weighted by Gasteiger charge is -1.81. The molecule has 0 spiro atoms. The van der Waals surface area contributed by atoms with Crippen LogP contribution in [-0.2, 0) is 7.05 Å². The largest absolute Gasteiger partial charge is 0.411 e. The maximum Gasteiger partial charge on any atom is 0.0749 e. The van der Waals surface area contributed by atoms with E-state index in [0.717, 1.165) is 5.56 Å². The molecule has 0 fully saturated rings. The highest BCUT2D eigenvalue weighted by Crippen LogP contribution is 1.93. The van der Waals surface area contributed by atoms with Gasteiger partial charge in [-0.3, -0.25) is 0 Å². The molecule has 0 atom stereocenters. The van der Waals surface area contributed by atoms with Gasteiger partial charge in [0.1, 0.15) is 0 Å². The number of hydrogen-bond acceptors (Lipinski definition) is 2. The summed E-state index contributed by atoms with van der Waals surface area (Å²) in [6, 6.07) is 1.86. The first-order valence-electron chi connectivity index (χ1n) is 2.62. The van der Waals surface area contributed by atoms with Crippen LogP contribution in [0.25, 0.3) is 0 Å². The van der Waals surface area contributed by atoms with Crippen LogP contribution in [0.4, 0.5) is 0 Å². The van der Waals surface area contributed by atoms with Gasteiger partial charge in [0.25, 0.3) is 0 Å². The third-order valence-electron chi connectivity index (χ3n) is 1.06. The molecule has 0 aliphatic heterocycles. The van der Waals surface area contributed by atoms with Crippen molar-refractivity contribution in [2.45, 2.75) is 0 Å². The number of rotatable bonds is 1. The van der Waals surface area contributed by atoms with E-state index in [9.17, 15) is 0 Å². The summed E-state index contributed by atoms with van der Waals surface area (Å²) in [6.07, 6.45) is 5.14. The molecule has 0 aliphatic carbocycles. The van der Waals surface area contributed by atoms with Crippen LogP contribution in [0.15, 0.2) is 23.6 Å². The van der Waals surface area contributed by atoms with Gasteiger partial charge in [-0.2, -0.15) is 0 Å². The van der Waals surface area contributed by atoms with Crippen molar-refractivity contribution in [2.24, 2.45) is 12.2 Å². The third kappa shape index (κ3) is 1.32. The van der Waals surface area contributed by atoms with E-state index in [4.69, 9.17) is 5.21 Å². The minimum absolute atomic E-state index is 0.903. The average molecular weight is 124 g/mol. The van der Waals surface area contributed by atoms with E-state index in [-0.39, 0.29) is 0 Å². The number of oxime groups is 1. The molecular formula is C6H8N2O. The summed E-state index contributed by atoms with van der Waals surface area (Å²) >= 11 is 0. The Hall–Kier alpha value is -1.25. The van der Waals surface area contributed by atoms with Crippen LogP contribution in [0.5, 0.6) is 0 Å². The molecule has 0 amide bonds. The van der Waals surface area contributed by atoms with Crippen LogP contribution in [0, 0.1) is 0 Å². The fourth-order valence-corrected chi connectivity index (χ4v) is 0.668. The fraction of sp³-hybridized carbons (Fsp3) is 0.167. The first-order chi connectivity index (χ1) is 4.33. The van der Waals surface area contributed by atoms with Crippen molar-refractivity contribution < 1.29 is 5.21 Å². The lowest BCUT2D eigenvalue weighted by Crippen LogP contribution is -1.79. The van der Waals surface area contributed by atoms with E-state index in [0.29, 0.717) is 0 Å². The van der Waals surface area contributed by atoms with Gasteiger partial charge in [0.05, 0.1) is 6.21 Å². The first-order valence-corrected chi connectivity index (χ1v) is 2.62. The molecule has 0 bridgehead atoms. The Labute approximate surface area is 53.2 Å². The predicted octanol–water partition coefficient (Wildman–Crippen LogP) is 0.833. The molecule has 1 heterocycles. The second kappa shape index (κ2) is 2.35. The minimum atomic E-state index is 0.903. The van der Waals surface area contributed by atoms with Gasteiger partial charge in [0.15, 0.2) is 0 Å². The average Bonchev–Trinajstić information content (AvgIpc) is 2.17. The van der Waals surface area contributed by atoms with E-state index >= 15 is 0 Å². The summed E-state index contributed by atoms with van der Waals surface area (Å²) in [6.45, 7) is 0. The SMILES string of the molecule is Cn1ccc(C=NO)c1. The summed E-state index contributed by atoms with van der Waals surface area (Å²) in [5.41, 5.74) is 0.903. The lowest BCUT2D eigenvalue weighted by molar-refractivity contribution is 0.322. The first kappa shape index (κ1) is 5.88. The number of nitrogens with zero attached hydrogens (tertiary/aromatic N) is 2. The standard InChI is InChI=1S/C6H8N2O/c1-8-3-2-6(5-8)4-7-9/h2-5,9H,1H3. The van der Waals surface area contributed by atoms with Gasteiger partial charge < -0.3 is 9.77 Å². The quantitative estimate of drug-likeness (QED) is 0.336. The van der Waals surface area contributed by atoms with Crippen molar-refractivity contribution in [3.8, 4) is 0 Å². The summed E-state index contributed by atoms with van der Waals surface area (Å²) in [7, 11) is 1.91. The monoisotopic (exact) mass is 124 g/mol. The van der Waals surface area contributed by atoms with Crippen molar-refractivity contribution >= 4 is 6.21 Å². The molecule has 1 aromatic rings. The zero-order valence-electron chi connectivity index (χ0n) is 5.15. The van der Waals surface area contributed by atoms with Crippen molar-refractivity contribution in [3.05, 3.63) is 24.0 Å². The molecule has 0 aliphatic rings. The van der Waals surface area contributed by atoms with Crippen LogP contribution < -0.4 is 0 Å². The van der Waals surface area contributed by atoms with Crippen LogP contribution in [0.1, 0.15) is 5.56 Å². The number of aryl methyl sites for hydroxylation is 1. The Morgan fingerprint density at radius 2 is 2.56 bits per heavy atom. The lowest BCUT2D eigenvalue weighted by atomic mass is 10.4. The van der Waals surface area contributed by atoms with Crippen LogP contribution in [0.3, 0.4) is 0 Å². The van der Waals surface area contributed by atoms with Crippen molar-refractivity contribution in [1.29, 1.82) is 0 Å².